The molecule has 4 aliphatic carbocycles. The molecule has 4 nitrogen and oxygen atoms in total. The van der Waals surface area contributed by atoms with Crippen LogP contribution in [-0.2, 0) is 4.84 Å². The van der Waals surface area contributed by atoms with Crippen molar-refractivity contribution in [3.05, 3.63) is 59.7 Å². The summed E-state index contributed by atoms with van der Waals surface area (Å²) >= 11 is 0. The summed E-state index contributed by atoms with van der Waals surface area (Å²) in [6, 6.07) is 7.87. The molecule has 40 heavy (non-hydrogen) atoms. The number of hydrogen-bond donors (Lipinski definition) is 1. The SMILES string of the molecule is Cc1ccc(C(=O)N2O[C@]34C=C[C@]25C[C@@H](O)CC[C@]5(C)[C@H]3CC[C@]2(C)[C@@H]([C@H](C)/C=C/[C@H](C)C(C)C)CC[C@H]24)cc1. The summed E-state index contributed by atoms with van der Waals surface area (Å²) in [6.45, 7) is 16.3. The van der Waals surface area contributed by atoms with Gasteiger partial charge in [0, 0.05) is 29.2 Å². The molecule has 7 rings (SSSR count). The van der Waals surface area contributed by atoms with Gasteiger partial charge >= 0.3 is 0 Å². The molecule has 0 radical (unpaired) electrons. The molecule has 1 amide bonds. The quantitative estimate of drug-likeness (QED) is 0.383. The van der Waals surface area contributed by atoms with Gasteiger partial charge in [-0.15, -0.1) is 0 Å². The second-order valence-electron chi connectivity index (χ2n) is 15.2. The van der Waals surface area contributed by atoms with Crippen LogP contribution in [0.4, 0.5) is 0 Å². The number of fused-ring (bicyclic) bond motifs is 2. The van der Waals surface area contributed by atoms with Crippen molar-refractivity contribution in [3.63, 3.8) is 0 Å². The fourth-order valence-corrected chi connectivity index (χ4v) is 10.1. The third-order valence-corrected chi connectivity index (χ3v) is 12.9. The summed E-state index contributed by atoms with van der Waals surface area (Å²) in [5.41, 5.74) is 0.739. The second-order valence-corrected chi connectivity index (χ2v) is 15.2. The van der Waals surface area contributed by atoms with E-state index in [2.05, 4.69) is 65.8 Å². The Morgan fingerprint density at radius 2 is 1.70 bits per heavy atom. The molecule has 4 fully saturated rings. The summed E-state index contributed by atoms with van der Waals surface area (Å²) in [6.07, 6.45) is 16.1. The minimum atomic E-state index is -0.617. The van der Waals surface area contributed by atoms with Crippen molar-refractivity contribution in [2.45, 2.75) is 111 Å². The number of allylic oxidation sites excluding steroid dienone is 2. The molecule has 10 atom stereocenters. The first-order valence-electron chi connectivity index (χ1n) is 16.0. The Labute approximate surface area is 242 Å². The summed E-state index contributed by atoms with van der Waals surface area (Å²) < 4.78 is 0. The van der Waals surface area contributed by atoms with Gasteiger partial charge in [0.15, 0.2) is 0 Å². The molecule has 2 aliphatic heterocycles. The van der Waals surface area contributed by atoms with E-state index in [1.165, 1.54) is 12.8 Å². The number of aliphatic hydroxyl groups is 1. The maximum absolute atomic E-state index is 14.3. The van der Waals surface area contributed by atoms with Gasteiger partial charge in [0.1, 0.15) is 5.60 Å². The van der Waals surface area contributed by atoms with Gasteiger partial charge < -0.3 is 5.11 Å². The molecule has 1 N–H and O–H groups in total. The fourth-order valence-electron chi connectivity index (χ4n) is 10.1. The number of benzene rings is 1. The smallest absolute Gasteiger partial charge is 0.278 e. The molecule has 1 aromatic rings. The van der Waals surface area contributed by atoms with Gasteiger partial charge in [0.05, 0.1) is 11.6 Å². The van der Waals surface area contributed by atoms with Gasteiger partial charge in [-0.05, 0) is 86.7 Å². The number of aliphatic hydroxyl groups excluding tert-OH is 1. The predicted molar refractivity (Wildman–Crippen MR) is 160 cm³/mol. The standard InChI is InChI=1S/C36H51NO3/c1-23(2)25(4)10-11-26(5)29-14-15-30-33(29,6)18-17-31-34(7)19-16-28(38)22-35(34)20-21-36(30,31)40-37(35)32(39)27-12-8-24(3)9-13-27/h8-13,20-21,23,25-26,28-31,38H,14-19,22H2,1-7H3/b11-10+/t25-,26+,28-,29+,30+,31+,33+,34+,35+,36-/m0/s1. The van der Waals surface area contributed by atoms with Gasteiger partial charge in [0.25, 0.3) is 5.91 Å². The summed E-state index contributed by atoms with van der Waals surface area (Å²) in [5, 5.41) is 12.7. The molecular formula is C36H51NO3. The zero-order valence-electron chi connectivity index (χ0n) is 25.8. The third-order valence-electron chi connectivity index (χ3n) is 12.9. The van der Waals surface area contributed by atoms with Crippen molar-refractivity contribution in [3.8, 4) is 0 Å². The number of hydrogen-bond acceptors (Lipinski definition) is 3. The molecule has 3 saturated carbocycles. The van der Waals surface area contributed by atoms with Crippen LogP contribution in [0.5, 0.6) is 0 Å². The highest BCUT2D eigenvalue weighted by Gasteiger charge is 2.76. The van der Waals surface area contributed by atoms with E-state index in [1.54, 1.807) is 5.06 Å². The Morgan fingerprint density at radius 1 is 0.975 bits per heavy atom. The largest absolute Gasteiger partial charge is 0.393 e. The zero-order valence-corrected chi connectivity index (χ0v) is 25.8. The average molecular weight is 546 g/mol. The van der Waals surface area contributed by atoms with Crippen LogP contribution in [0.25, 0.3) is 0 Å². The Hall–Kier alpha value is -1.91. The van der Waals surface area contributed by atoms with Crippen LogP contribution >= 0.6 is 0 Å². The topological polar surface area (TPSA) is 49.8 Å². The molecule has 2 spiro atoms. The van der Waals surface area contributed by atoms with Gasteiger partial charge in [-0.2, -0.15) is 0 Å². The van der Waals surface area contributed by atoms with E-state index in [4.69, 9.17) is 4.84 Å². The second kappa shape index (κ2) is 9.56. The Kier molecular flexibility index (Phi) is 6.74. The number of aryl methyl sites for hydroxylation is 1. The lowest BCUT2D eigenvalue weighted by molar-refractivity contribution is -0.380. The molecule has 2 heterocycles. The van der Waals surface area contributed by atoms with Crippen LogP contribution in [0.15, 0.2) is 48.6 Å². The van der Waals surface area contributed by atoms with E-state index in [0.29, 0.717) is 47.5 Å². The minimum absolute atomic E-state index is 0.0664. The van der Waals surface area contributed by atoms with Crippen molar-refractivity contribution in [2.75, 3.05) is 0 Å². The summed E-state index contributed by atoms with van der Waals surface area (Å²) in [5.74, 6) is 3.02. The Morgan fingerprint density at radius 3 is 2.40 bits per heavy atom. The lowest BCUT2D eigenvalue weighted by atomic mass is 9.41. The molecular weight excluding hydrogens is 494 g/mol. The number of amides is 1. The number of nitrogens with zero attached hydrogens (tertiary/aromatic N) is 1. The highest BCUT2D eigenvalue weighted by Crippen LogP contribution is 2.73. The van der Waals surface area contributed by atoms with Crippen LogP contribution in [0, 0.1) is 53.3 Å². The first-order valence-corrected chi connectivity index (χ1v) is 16.0. The highest BCUT2D eigenvalue weighted by atomic mass is 16.7. The van der Waals surface area contributed by atoms with Crippen LogP contribution in [0.3, 0.4) is 0 Å². The Balaban J connectivity index is 1.40. The molecule has 1 saturated heterocycles. The molecule has 0 unspecified atom stereocenters. The number of hydroxylamine groups is 2. The molecule has 4 heteroatoms. The van der Waals surface area contributed by atoms with Crippen molar-refractivity contribution >= 4 is 5.91 Å². The summed E-state index contributed by atoms with van der Waals surface area (Å²) in [4.78, 5) is 21.5. The lowest BCUT2D eigenvalue weighted by Crippen LogP contribution is -2.79. The van der Waals surface area contributed by atoms with Crippen LogP contribution < -0.4 is 0 Å². The van der Waals surface area contributed by atoms with Crippen molar-refractivity contribution in [1.29, 1.82) is 0 Å². The van der Waals surface area contributed by atoms with Gasteiger partial charge in [-0.3, -0.25) is 9.63 Å². The molecule has 0 aromatic heterocycles. The van der Waals surface area contributed by atoms with Crippen molar-refractivity contribution in [1.82, 2.24) is 5.06 Å². The number of carbonyl (C=O) groups excluding carboxylic acids is 1. The monoisotopic (exact) mass is 545 g/mol. The minimum Gasteiger partial charge on any atom is -0.393 e. The summed E-state index contributed by atoms with van der Waals surface area (Å²) in [7, 11) is 0. The van der Waals surface area contributed by atoms with Crippen molar-refractivity contribution < 1.29 is 14.7 Å². The lowest BCUT2D eigenvalue weighted by Gasteiger charge is -2.73. The first-order chi connectivity index (χ1) is 18.9. The maximum atomic E-state index is 14.3. The molecule has 1 aromatic carbocycles. The van der Waals surface area contributed by atoms with Gasteiger partial charge in [0.2, 0.25) is 0 Å². The Bertz CT molecular complexity index is 1200. The van der Waals surface area contributed by atoms with E-state index >= 15 is 0 Å². The van der Waals surface area contributed by atoms with Gasteiger partial charge in [-0.1, -0.05) is 83.5 Å². The number of rotatable bonds is 5. The van der Waals surface area contributed by atoms with E-state index in [1.807, 2.05) is 31.2 Å². The van der Waals surface area contributed by atoms with Crippen LogP contribution in [0.1, 0.15) is 102 Å². The van der Waals surface area contributed by atoms with E-state index in [0.717, 1.165) is 31.2 Å². The average Bonchev–Trinajstić information content (AvgIpc) is 3.29. The van der Waals surface area contributed by atoms with Crippen LogP contribution in [-0.4, -0.2) is 33.3 Å². The zero-order chi connectivity index (χ0) is 28.7. The fraction of sp³-hybridized carbons (Fsp3) is 0.694. The van der Waals surface area contributed by atoms with E-state index < -0.39 is 17.2 Å². The molecule has 2 bridgehead atoms. The predicted octanol–water partition coefficient (Wildman–Crippen LogP) is 7.91. The molecule has 6 aliphatic rings. The highest BCUT2D eigenvalue weighted by molar-refractivity contribution is 5.94. The molecule has 218 valence electrons. The first kappa shape index (κ1) is 28.2. The van der Waals surface area contributed by atoms with E-state index in [-0.39, 0.29) is 16.7 Å². The maximum Gasteiger partial charge on any atom is 0.278 e. The van der Waals surface area contributed by atoms with E-state index in [9.17, 15) is 9.90 Å². The third kappa shape index (κ3) is 3.80. The van der Waals surface area contributed by atoms with Crippen LogP contribution in [0.2, 0.25) is 0 Å². The number of carbonyl (C=O) groups is 1. The van der Waals surface area contributed by atoms with Gasteiger partial charge in [-0.25, -0.2) is 5.06 Å². The van der Waals surface area contributed by atoms with Crippen molar-refractivity contribution in [2.24, 2.45) is 46.3 Å². The normalized spacial score (nSPS) is 43.5.